The molecular weight excluding hydrogens is 682 g/mol. The molecule has 24 nitrogen and oxygen atoms in total. The van der Waals surface area contributed by atoms with Crippen molar-refractivity contribution in [1.82, 2.24) is 0 Å². The van der Waals surface area contributed by atoms with Gasteiger partial charge in [-0.05, 0) is 0 Å². The van der Waals surface area contributed by atoms with Gasteiger partial charge in [0.05, 0.1) is 0 Å². The Morgan fingerprint density at radius 2 is 0.378 bits per heavy atom. The molecule has 0 spiro atoms. The van der Waals surface area contributed by atoms with Crippen LogP contribution in [0.15, 0.2) is 0 Å². The molecule has 0 atom stereocenters. The Labute approximate surface area is 233 Å². The summed E-state index contributed by atoms with van der Waals surface area (Å²) in [6.07, 6.45) is -18.9. The molecule has 1 saturated carbocycles. The van der Waals surface area contributed by atoms with Crippen LogP contribution in [0.1, 0.15) is 0 Å². The second kappa shape index (κ2) is 13.5. The third kappa shape index (κ3) is 15.6. The number of rotatable bonds is 12. The summed E-state index contributed by atoms with van der Waals surface area (Å²) in [5.41, 5.74) is 0. The summed E-state index contributed by atoms with van der Waals surface area (Å²) in [4.78, 5) is 110. The molecule has 31 heteroatoms. The van der Waals surface area contributed by atoms with E-state index in [1.807, 2.05) is 0 Å². The summed E-state index contributed by atoms with van der Waals surface area (Å²) in [5.74, 6) is 0. The molecule has 0 amide bonds. The molecule has 1 rings (SSSR count). The molecule has 1 fully saturated rings. The van der Waals surface area contributed by atoms with Gasteiger partial charge >= 0.3 is 84.7 Å². The minimum atomic E-state index is -6.02. The summed E-state index contributed by atoms with van der Waals surface area (Å²) in [7, 11) is -36.1. The second-order valence-corrected chi connectivity index (χ2v) is 13.5. The summed E-state index contributed by atoms with van der Waals surface area (Å²) in [6.45, 7) is 0. The van der Waals surface area contributed by atoms with Crippen LogP contribution in [0, 0.1) is 0 Å². The quantitative estimate of drug-likeness (QED) is 0.0680. The molecule has 0 aromatic rings. The van der Waals surface area contributed by atoms with Crippen LogP contribution in [0.25, 0.3) is 0 Å². The van der Waals surface area contributed by atoms with Crippen LogP contribution in [0.2, 0.25) is 0 Å². The van der Waals surface area contributed by atoms with Crippen LogP contribution in [0.3, 0.4) is 0 Å². The van der Waals surface area contributed by atoms with Gasteiger partial charge in [-0.25, -0.2) is 27.4 Å². The predicted octanol–water partition coefficient (Wildman–Crippen LogP) is -4.05. The van der Waals surface area contributed by atoms with Crippen molar-refractivity contribution in [1.29, 1.82) is 0 Å². The molecule has 0 heterocycles. The number of hydrogen-bond acceptors (Lipinski definition) is 12. The van der Waals surface area contributed by atoms with Crippen molar-refractivity contribution < 1.29 is 113 Å². The molecule has 0 aromatic heterocycles. The van der Waals surface area contributed by atoms with E-state index in [1.165, 1.54) is 0 Å². The molecule has 0 saturated heterocycles. The van der Waals surface area contributed by atoms with E-state index in [2.05, 4.69) is 27.1 Å². The van der Waals surface area contributed by atoms with Gasteiger partial charge in [-0.2, -0.15) is 0 Å². The van der Waals surface area contributed by atoms with E-state index in [9.17, 15) is 27.4 Å². The molecular formula is C6H20CaO24P6. The molecule has 37 heavy (non-hydrogen) atoms. The first-order valence-corrected chi connectivity index (χ1v) is 17.2. The van der Waals surface area contributed by atoms with E-state index in [1.54, 1.807) is 0 Å². The molecule has 1 aliphatic carbocycles. The SMILES string of the molecule is O=P(O)(O)O[C@H]1[C@H](OP(=O)(O)O)[C@@H](OP(=O)(O)O)[C@H](OP(=O)(O)O)[C@@H](OP(=O)(O)O)[C@H]1OP(=O)(O)O.[CaH2]. The van der Waals surface area contributed by atoms with E-state index in [4.69, 9.17) is 58.7 Å². The Kier molecular flexibility index (Phi) is 14.2. The van der Waals surface area contributed by atoms with Gasteiger partial charge in [-0.3, -0.25) is 27.1 Å². The van der Waals surface area contributed by atoms with Gasteiger partial charge in [0.1, 0.15) is 36.6 Å². The van der Waals surface area contributed by atoms with Gasteiger partial charge < -0.3 is 58.7 Å². The molecule has 220 valence electrons. The fourth-order valence-electron chi connectivity index (χ4n) is 2.79. The van der Waals surface area contributed by atoms with Crippen molar-refractivity contribution in [2.75, 3.05) is 0 Å². The van der Waals surface area contributed by atoms with Crippen LogP contribution in [-0.4, -0.2) is 133 Å². The minimum absolute atomic E-state index is 0. The van der Waals surface area contributed by atoms with Crippen molar-refractivity contribution in [3.8, 4) is 0 Å². The topological polar surface area (TPSA) is 401 Å². The van der Waals surface area contributed by atoms with E-state index < -0.39 is 83.6 Å². The fraction of sp³-hybridized carbons (Fsp3) is 1.00. The average Bonchev–Trinajstić information content (AvgIpc) is 2.51. The third-order valence-corrected chi connectivity index (χ3v) is 6.61. The van der Waals surface area contributed by atoms with Gasteiger partial charge in [0.25, 0.3) is 0 Å². The van der Waals surface area contributed by atoms with Crippen LogP contribution in [0.5, 0.6) is 0 Å². The Morgan fingerprint density at radius 1 is 0.297 bits per heavy atom. The van der Waals surface area contributed by atoms with Gasteiger partial charge in [0.15, 0.2) is 0 Å². The van der Waals surface area contributed by atoms with E-state index >= 15 is 0 Å². The molecule has 12 N–H and O–H groups in total. The summed E-state index contributed by atoms with van der Waals surface area (Å²) in [5, 5.41) is 0. The number of phosphoric ester groups is 6. The maximum absolute atomic E-state index is 11.4. The van der Waals surface area contributed by atoms with Crippen LogP contribution in [-0.2, 0) is 54.5 Å². The fourth-order valence-corrected chi connectivity index (χ4v) is 6.14. The maximum atomic E-state index is 11.4. The van der Waals surface area contributed by atoms with Crippen molar-refractivity contribution in [3.05, 3.63) is 0 Å². The van der Waals surface area contributed by atoms with Crippen molar-refractivity contribution in [2.24, 2.45) is 0 Å². The third-order valence-electron chi connectivity index (χ3n) is 3.50. The molecule has 0 bridgehead atoms. The van der Waals surface area contributed by atoms with Crippen molar-refractivity contribution >= 4 is 84.7 Å². The van der Waals surface area contributed by atoms with E-state index in [0.717, 1.165) is 0 Å². The van der Waals surface area contributed by atoms with Crippen molar-refractivity contribution in [2.45, 2.75) is 36.6 Å². The summed E-state index contributed by atoms with van der Waals surface area (Å²) in [6, 6.07) is 0. The Balaban J connectivity index is 0.0000130. The summed E-state index contributed by atoms with van der Waals surface area (Å²) < 4.78 is 93.1. The van der Waals surface area contributed by atoms with E-state index in [0.29, 0.717) is 0 Å². The molecule has 0 aliphatic heterocycles. The predicted molar refractivity (Wildman–Crippen MR) is 110 cm³/mol. The first-order valence-electron chi connectivity index (χ1n) is 8.01. The molecule has 0 unspecified atom stereocenters. The monoisotopic (exact) mass is 702 g/mol. The zero-order valence-corrected chi connectivity index (χ0v) is 21.8. The molecule has 0 aromatic carbocycles. The Morgan fingerprint density at radius 3 is 0.432 bits per heavy atom. The van der Waals surface area contributed by atoms with E-state index in [-0.39, 0.29) is 37.7 Å². The van der Waals surface area contributed by atoms with Crippen LogP contribution in [0.4, 0.5) is 0 Å². The number of phosphoric acid groups is 6. The zero-order valence-electron chi connectivity index (χ0n) is 16.4. The van der Waals surface area contributed by atoms with Gasteiger partial charge in [0, 0.05) is 0 Å². The van der Waals surface area contributed by atoms with Gasteiger partial charge in [0.2, 0.25) is 0 Å². The Hall–Kier alpha value is 1.92. The normalized spacial score (nSPS) is 28.5. The number of hydrogen-bond donors (Lipinski definition) is 12. The average molecular weight is 702 g/mol. The van der Waals surface area contributed by atoms with Gasteiger partial charge in [-0.1, -0.05) is 0 Å². The first-order chi connectivity index (χ1) is 15.6. The second-order valence-electron chi connectivity index (χ2n) is 6.36. The van der Waals surface area contributed by atoms with Crippen LogP contribution >= 0.6 is 46.9 Å². The zero-order chi connectivity index (χ0) is 28.7. The first kappa shape index (κ1) is 38.9. The Bertz CT molecular complexity index is 824. The van der Waals surface area contributed by atoms with Crippen LogP contribution < -0.4 is 0 Å². The summed E-state index contributed by atoms with van der Waals surface area (Å²) >= 11 is 0. The molecule has 1 aliphatic rings. The van der Waals surface area contributed by atoms with Crippen molar-refractivity contribution in [3.63, 3.8) is 0 Å². The van der Waals surface area contributed by atoms with Gasteiger partial charge in [-0.15, -0.1) is 0 Å². The molecule has 0 radical (unpaired) electrons. The standard InChI is InChI=1S/C6H18O24P6.Ca.2H/c7-31(8,9)25-1-2(26-32(10,11)12)4(28-34(16,17)18)6(30-36(22,23)24)5(29-35(19,20)21)3(1)27-33(13,14)15;;;/h1-6H,(H2,7,8,9)(H2,10,11,12)(H2,13,14,15)(H2,16,17,18)(H2,19,20,21)(H2,22,23,24);;;/t1-,2-,3-,4+,5-,6-;;;.